The van der Waals surface area contributed by atoms with Gasteiger partial charge >= 0.3 is 0 Å². The number of carbonyl (C=O) groups is 1. The van der Waals surface area contributed by atoms with Crippen LogP contribution in [0, 0.1) is 6.92 Å². The van der Waals surface area contributed by atoms with E-state index in [1.165, 1.54) is 0 Å². The normalized spacial score (nSPS) is 11.1. The molecule has 4 aromatic rings. The Hall–Kier alpha value is -3.03. The van der Waals surface area contributed by atoms with Crippen LogP contribution in [0.4, 0.5) is 0 Å². The van der Waals surface area contributed by atoms with Crippen molar-refractivity contribution in [1.29, 1.82) is 0 Å². The molecule has 28 heavy (non-hydrogen) atoms. The van der Waals surface area contributed by atoms with Crippen molar-refractivity contribution >= 4 is 28.3 Å². The maximum absolute atomic E-state index is 12.9. The zero-order valence-corrected chi connectivity index (χ0v) is 16.5. The highest BCUT2D eigenvalue weighted by Crippen LogP contribution is 2.30. The van der Waals surface area contributed by atoms with E-state index in [4.69, 9.17) is 9.72 Å². The third-order valence-corrected chi connectivity index (χ3v) is 5.32. The number of thiophene rings is 1. The molecule has 7 heteroatoms. The van der Waals surface area contributed by atoms with Gasteiger partial charge in [0.15, 0.2) is 5.65 Å². The predicted octanol–water partition coefficient (Wildman–Crippen LogP) is 3.83. The lowest BCUT2D eigenvalue weighted by Crippen LogP contribution is -2.27. The van der Waals surface area contributed by atoms with Crippen LogP contribution in [-0.4, -0.2) is 40.9 Å². The van der Waals surface area contributed by atoms with Gasteiger partial charge in [0.25, 0.3) is 5.91 Å². The first-order chi connectivity index (χ1) is 13.7. The first-order valence-electron chi connectivity index (χ1n) is 8.96. The average molecular weight is 392 g/mol. The van der Waals surface area contributed by atoms with Crippen LogP contribution in [-0.2, 0) is 4.74 Å². The van der Waals surface area contributed by atoms with Gasteiger partial charge in [-0.05, 0) is 36.6 Å². The van der Waals surface area contributed by atoms with Crippen molar-refractivity contribution < 1.29 is 9.53 Å². The fraction of sp³-hybridized carbons (Fsp3) is 0.190. The number of hydrogen-bond acceptors (Lipinski definition) is 5. The van der Waals surface area contributed by atoms with Gasteiger partial charge in [-0.15, -0.1) is 11.3 Å². The Morgan fingerprint density at radius 3 is 2.75 bits per heavy atom. The van der Waals surface area contributed by atoms with Gasteiger partial charge in [-0.1, -0.05) is 24.3 Å². The van der Waals surface area contributed by atoms with Crippen LogP contribution in [0.5, 0.6) is 0 Å². The number of amides is 1. The molecule has 6 nitrogen and oxygen atoms in total. The number of para-hydroxylation sites is 1. The smallest absolute Gasteiger partial charge is 0.252 e. The first-order valence-corrected chi connectivity index (χ1v) is 9.84. The van der Waals surface area contributed by atoms with Crippen molar-refractivity contribution in [3.63, 3.8) is 0 Å². The van der Waals surface area contributed by atoms with Crippen molar-refractivity contribution in [2.75, 3.05) is 20.3 Å². The monoisotopic (exact) mass is 392 g/mol. The number of aromatic nitrogens is 3. The largest absolute Gasteiger partial charge is 0.383 e. The summed E-state index contributed by atoms with van der Waals surface area (Å²) in [6.07, 6.45) is 0. The fourth-order valence-corrected chi connectivity index (χ4v) is 3.82. The summed E-state index contributed by atoms with van der Waals surface area (Å²) >= 11 is 1.59. The lowest BCUT2D eigenvalue weighted by Gasteiger charge is -2.09. The quantitative estimate of drug-likeness (QED) is 0.506. The minimum atomic E-state index is -0.155. The van der Waals surface area contributed by atoms with E-state index in [2.05, 4.69) is 10.4 Å². The third-order valence-electron chi connectivity index (χ3n) is 4.42. The van der Waals surface area contributed by atoms with Gasteiger partial charge in [-0.2, -0.15) is 5.10 Å². The zero-order chi connectivity index (χ0) is 19.5. The number of nitrogens with one attached hydrogen (secondary N) is 1. The predicted molar refractivity (Wildman–Crippen MR) is 111 cm³/mol. The Kier molecular flexibility index (Phi) is 5.18. The molecular weight excluding hydrogens is 372 g/mol. The summed E-state index contributed by atoms with van der Waals surface area (Å²) in [6.45, 7) is 2.81. The number of fused-ring (bicyclic) bond motifs is 1. The molecule has 1 amide bonds. The van der Waals surface area contributed by atoms with Crippen LogP contribution in [0.3, 0.4) is 0 Å². The Morgan fingerprint density at radius 1 is 1.21 bits per heavy atom. The molecule has 4 rings (SSSR count). The molecule has 3 aromatic heterocycles. The topological polar surface area (TPSA) is 69.0 Å². The van der Waals surface area contributed by atoms with Crippen LogP contribution >= 0.6 is 11.3 Å². The summed E-state index contributed by atoms with van der Waals surface area (Å²) in [5.41, 5.74) is 3.68. The number of nitrogens with zero attached hydrogens (tertiary/aromatic N) is 3. The zero-order valence-electron chi connectivity index (χ0n) is 15.7. The van der Waals surface area contributed by atoms with Crippen molar-refractivity contribution in [2.24, 2.45) is 0 Å². The summed E-state index contributed by atoms with van der Waals surface area (Å²) in [6, 6.07) is 15.7. The van der Waals surface area contributed by atoms with Gasteiger partial charge in [0, 0.05) is 13.7 Å². The molecule has 0 unspecified atom stereocenters. The van der Waals surface area contributed by atoms with Crippen molar-refractivity contribution in [1.82, 2.24) is 20.1 Å². The number of ether oxygens (including phenoxy) is 1. The van der Waals surface area contributed by atoms with Crippen molar-refractivity contribution in [3.05, 3.63) is 65.2 Å². The molecule has 0 radical (unpaired) electrons. The number of rotatable bonds is 6. The molecule has 142 valence electrons. The number of methoxy groups -OCH3 is 1. The summed E-state index contributed by atoms with van der Waals surface area (Å²) in [5.74, 6) is -0.155. The van der Waals surface area contributed by atoms with Crippen LogP contribution in [0.25, 0.3) is 27.3 Å². The first kappa shape index (κ1) is 18.3. The minimum Gasteiger partial charge on any atom is -0.383 e. The van der Waals surface area contributed by atoms with Gasteiger partial charge in [0.2, 0.25) is 0 Å². The highest BCUT2D eigenvalue weighted by molar-refractivity contribution is 7.13. The lowest BCUT2D eigenvalue weighted by molar-refractivity contribution is 0.0938. The number of hydrogen-bond donors (Lipinski definition) is 1. The average Bonchev–Trinajstić information content (AvgIpc) is 3.37. The Labute approximate surface area is 166 Å². The number of carbonyl (C=O) groups excluding carboxylic acids is 1. The van der Waals surface area contributed by atoms with Crippen molar-refractivity contribution in [3.8, 4) is 16.3 Å². The van der Waals surface area contributed by atoms with E-state index >= 15 is 0 Å². The molecule has 1 aromatic carbocycles. The summed E-state index contributed by atoms with van der Waals surface area (Å²) < 4.78 is 6.84. The van der Waals surface area contributed by atoms with Crippen LogP contribution in [0.2, 0.25) is 0 Å². The number of aryl methyl sites for hydroxylation is 1. The molecular formula is C21H20N4O2S. The summed E-state index contributed by atoms with van der Waals surface area (Å²) in [4.78, 5) is 18.8. The second-order valence-electron chi connectivity index (χ2n) is 6.31. The standard InChI is InChI=1S/C21H20N4O2S/c1-14-19-16(21(26)22-10-11-27-2)13-17(18-9-6-12-28-18)23-20(19)25(24-14)15-7-4-3-5-8-15/h3-9,12-13H,10-11H2,1-2H3,(H,22,26). The molecule has 0 saturated heterocycles. The highest BCUT2D eigenvalue weighted by Gasteiger charge is 2.21. The Balaban J connectivity index is 1.92. The molecule has 0 saturated carbocycles. The highest BCUT2D eigenvalue weighted by atomic mass is 32.1. The van der Waals surface area contributed by atoms with E-state index in [0.717, 1.165) is 27.3 Å². The molecule has 1 N–H and O–H groups in total. The van der Waals surface area contributed by atoms with Crippen LogP contribution in [0.15, 0.2) is 53.9 Å². The second kappa shape index (κ2) is 7.92. The third kappa shape index (κ3) is 3.42. The molecule has 3 heterocycles. The number of pyridine rings is 1. The van der Waals surface area contributed by atoms with Gasteiger partial charge in [-0.25, -0.2) is 9.67 Å². The van der Waals surface area contributed by atoms with E-state index < -0.39 is 0 Å². The van der Waals surface area contributed by atoms with E-state index in [0.29, 0.717) is 24.4 Å². The molecule has 0 atom stereocenters. The van der Waals surface area contributed by atoms with E-state index in [-0.39, 0.29) is 5.91 Å². The number of benzene rings is 1. The SMILES string of the molecule is COCCNC(=O)c1cc(-c2cccs2)nc2c1c(C)nn2-c1ccccc1. The summed E-state index contributed by atoms with van der Waals surface area (Å²) in [7, 11) is 1.61. The Morgan fingerprint density at radius 2 is 2.04 bits per heavy atom. The summed E-state index contributed by atoms with van der Waals surface area (Å²) in [5, 5.41) is 10.4. The lowest BCUT2D eigenvalue weighted by atomic mass is 10.1. The molecule has 0 bridgehead atoms. The maximum Gasteiger partial charge on any atom is 0.252 e. The van der Waals surface area contributed by atoms with E-state index in [9.17, 15) is 4.79 Å². The second-order valence-corrected chi connectivity index (χ2v) is 7.26. The fourth-order valence-electron chi connectivity index (χ4n) is 3.13. The molecule has 0 aliphatic heterocycles. The maximum atomic E-state index is 12.9. The van der Waals surface area contributed by atoms with E-state index in [1.54, 1.807) is 23.1 Å². The van der Waals surface area contributed by atoms with Crippen LogP contribution in [0.1, 0.15) is 16.1 Å². The molecule has 0 spiro atoms. The van der Waals surface area contributed by atoms with E-state index in [1.807, 2.05) is 60.8 Å². The van der Waals surface area contributed by atoms with Gasteiger partial charge < -0.3 is 10.1 Å². The van der Waals surface area contributed by atoms with Gasteiger partial charge in [0.1, 0.15) is 0 Å². The minimum absolute atomic E-state index is 0.155. The van der Waals surface area contributed by atoms with Gasteiger partial charge in [-0.3, -0.25) is 4.79 Å². The van der Waals surface area contributed by atoms with Crippen molar-refractivity contribution in [2.45, 2.75) is 6.92 Å². The molecule has 0 fully saturated rings. The molecule has 0 aliphatic rings. The van der Waals surface area contributed by atoms with Gasteiger partial charge in [0.05, 0.1) is 39.5 Å². The van der Waals surface area contributed by atoms with Crippen LogP contribution < -0.4 is 5.32 Å². The molecule has 0 aliphatic carbocycles. The Bertz CT molecular complexity index is 1100.